The first-order chi connectivity index (χ1) is 8.68. The van der Waals surface area contributed by atoms with Gasteiger partial charge in [-0.1, -0.05) is 6.07 Å². The maximum atomic E-state index is 13.3. The van der Waals surface area contributed by atoms with E-state index in [0.29, 0.717) is 0 Å². The van der Waals surface area contributed by atoms with Crippen LogP contribution in [0.25, 0.3) is 0 Å². The summed E-state index contributed by atoms with van der Waals surface area (Å²) in [5.74, 6) is -1.92. The molecule has 0 atom stereocenters. The minimum atomic E-state index is -0.941. The topological polar surface area (TPSA) is 32.3 Å². The third kappa shape index (κ3) is 2.97. The number of nitrogens with one attached hydrogen (secondary N) is 1. The maximum absolute atomic E-state index is 13.3. The predicted molar refractivity (Wildman–Crippen MR) is 65.3 cm³/mol. The first-order valence-electron chi connectivity index (χ1n) is 6.14. The number of hydrogen-bond donors (Lipinski definition) is 1. The van der Waals surface area contributed by atoms with E-state index in [1.807, 2.05) is 0 Å². The number of hydrogen-bond acceptors (Lipinski definition) is 2. The van der Waals surface area contributed by atoms with E-state index in [9.17, 15) is 13.6 Å². The molecular formula is C13H16F2N2O. The van der Waals surface area contributed by atoms with E-state index >= 15 is 0 Å². The van der Waals surface area contributed by atoms with E-state index in [0.717, 1.165) is 38.4 Å². The second kappa shape index (κ2) is 5.80. The molecule has 18 heavy (non-hydrogen) atoms. The molecule has 3 nitrogen and oxygen atoms in total. The number of halogens is 2. The molecule has 0 radical (unpaired) electrons. The number of benzene rings is 1. The average molecular weight is 254 g/mol. The molecule has 0 aromatic heterocycles. The van der Waals surface area contributed by atoms with E-state index in [4.69, 9.17) is 0 Å². The number of carbonyl (C=O) groups is 1. The van der Waals surface area contributed by atoms with Gasteiger partial charge in [0.05, 0.1) is 12.2 Å². The van der Waals surface area contributed by atoms with Crippen LogP contribution in [0.4, 0.5) is 14.5 Å². The van der Waals surface area contributed by atoms with E-state index in [-0.39, 0.29) is 18.1 Å². The van der Waals surface area contributed by atoms with Crippen LogP contribution < -0.4 is 5.32 Å². The van der Waals surface area contributed by atoms with Gasteiger partial charge in [-0.15, -0.1) is 0 Å². The molecule has 5 heteroatoms. The lowest BCUT2D eigenvalue weighted by Crippen LogP contribution is -2.39. The largest absolute Gasteiger partial charge is 0.374 e. The third-order valence-corrected chi connectivity index (χ3v) is 3.09. The molecule has 1 aliphatic rings. The molecule has 2 rings (SSSR count). The summed E-state index contributed by atoms with van der Waals surface area (Å²) in [4.78, 5) is 13.6. The molecule has 0 saturated carbocycles. The van der Waals surface area contributed by atoms with Gasteiger partial charge in [0.15, 0.2) is 11.6 Å². The van der Waals surface area contributed by atoms with Crippen LogP contribution >= 0.6 is 0 Å². The Bertz CT molecular complexity index is 431. The Morgan fingerprint density at radius 2 is 1.94 bits per heavy atom. The van der Waals surface area contributed by atoms with Gasteiger partial charge < -0.3 is 10.2 Å². The Hall–Kier alpha value is -1.65. The number of rotatable bonds is 3. The summed E-state index contributed by atoms with van der Waals surface area (Å²) in [7, 11) is 0. The molecule has 1 fully saturated rings. The molecule has 1 N–H and O–H groups in total. The van der Waals surface area contributed by atoms with Gasteiger partial charge in [-0.25, -0.2) is 8.78 Å². The van der Waals surface area contributed by atoms with Crippen LogP contribution in [0, 0.1) is 11.6 Å². The summed E-state index contributed by atoms with van der Waals surface area (Å²) in [5.41, 5.74) is 0.0281. The van der Waals surface area contributed by atoms with Gasteiger partial charge in [0.2, 0.25) is 5.91 Å². The van der Waals surface area contributed by atoms with Crippen molar-refractivity contribution in [1.29, 1.82) is 0 Å². The van der Waals surface area contributed by atoms with Crippen molar-refractivity contribution in [1.82, 2.24) is 4.90 Å². The Morgan fingerprint density at radius 3 is 2.67 bits per heavy atom. The van der Waals surface area contributed by atoms with Crippen LogP contribution in [0.15, 0.2) is 18.2 Å². The van der Waals surface area contributed by atoms with Crippen molar-refractivity contribution in [3.63, 3.8) is 0 Å². The molecule has 98 valence electrons. The number of anilines is 1. The zero-order chi connectivity index (χ0) is 13.0. The lowest BCUT2D eigenvalue weighted by atomic mass is 10.1. The van der Waals surface area contributed by atoms with E-state index < -0.39 is 11.6 Å². The molecule has 1 aromatic rings. The fourth-order valence-corrected chi connectivity index (χ4v) is 2.07. The third-order valence-electron chi connectivity index (χ3n) is 3.09. The lowest BCUT2D eigenvalue weighted by Gasteiger charge is -2.26. The van der Waals surface area contributed by atoms with E-state index in [2.05, 4.69) is 5.32 Å². The van der Waals surface area contributed by atoms with E-state index in [1.165, 1.54) is 12.1 Å². The second-order valence-electron chi connectivity index (χ2n) is 4.40. The quantitative estimate of drug-likeness (QED) is 0.898. The highest BCUT2D eigenvalue weighted by molar-refractivity contribution is 5.81. The van der Waals surface area contributed by atoms with Crippen LogP contribution in [0.1, 0.15) is 19.3 Å². The Labute approximate surface area is 105 Å². The molecular weight excluding hydrogens is 238 g/mol. The predicted octanol–water partition coefficient (Wildman–Crippen LogP) is 2.39. The van der Waals surface area contributed by atoms with Crippen LogP contribution in [0.3, 0.4) is 0 Å². The average Bonchev–Trinajstić information content (AvgIpc) is 2.41. The fourth-order valence-electron chi connectivity index (χ4n) is 2.07. The maximum Gasteiger partial charge on any atom is 0.241 e. The number of likely N-dealkylation sites (tertiary alicyclic amines) is 1. The molecule has 1 aliphatic heterocycles. The minimum Gasteiger partial charge on any atom is -0.374 e. The van der Waals surface area contributed by atoms with Crippen molar-refractivity contribution in [2.24, 2.45) is 0 Å². The second-order valence-corrected chi connectivity index (χ2v) is 4.40. The highest BCUT2D eigenvalue weighted by Gasteiger charge is 2.16. The summed E-state index contributed by atoms with van der Waals surface area (Å²) < 4.78 is 26.3. The number of nitrogens with zero attached hydrogens (tertiary/aromatic N) is 1. The Morgan fingerprint density at radius 1 is 1.22 bits per heavy atom. The summed E-state index contributed by atoms with van der Waals surface area (Å²) in [6.07, 6.45) is 3.18. The van der Waals surface area contributed by atoms with Crippen LogP contribution in [0.2, 0.25) is 0 Å². The van der Waals surface area contributed by atoms with Crippen molar-refractivity contribution >= 4 is 11.6 Å². The SMILES string of the molecule is O=C(CNc1cccc(F)c1F)N1CCCCC1. The van der Waals surface area contributed by atoms with Gasteiger partial charge in [-0.3, -0.25) is 4.79 Å². The molecule has 0 unspecified atom stereocenters. The van der Waals surface area contributed by atoms with Gasteiger partial charge >= 0.3 is 0 Å². The summed E-state index contributed by atoms with van der Waals surface area (Å²) in [6, 6.07) is 3.88. The lowest BCUT2D eigenvalue weighted by molar-refractivity contribution is -0.130. The molecule has 1 heterocycles. The minimum absolute atomic E-state index is 0.000370. The zero-order valence-electron chi connectivity index (χ0n) is 10.1. The highest BCUT2D eigenvalue weighted by atomic mass is 19.2. The molecule has 1 aromatic carbocycles. The molecule has 0 spiro atoms. The number of amides is 1. The van der Waals surface area contributed by atoms with Gasteiger partial charge in [-0.05, 0) is 31.4 Å². The van der Waals surface area contributed by atoms with Crippen molar-refractivity contribution in [3.8, 4) is 0 Å². The van der Waals surface area contributed by atoms with Crippen molar-refractivity contribution in [2.75, 3.05) is 25.0 Å². The Kier molecular flexibility index (Phi) is 4.12. The molecule has 1 amide bonds. The molecule has 0 bridgehead atoms. The summed E-state index contributed by atoms with van der Waals surface area (Å²) in [5, 5.41) is 2.64. The number of carbonyl (C=O) groups excluding carboxylic acids is 1. The fraction of sp³-hybridized carbons (Fsp3) is 0.462. The highest BCUT2D eigenvalue weighted by Crippen LogP contribution is 2.16. The first kappa shape index (κ1) is 12.8. The molecule has 1 saturated heterocycles. The van der Waals surface area contributed by atoms with Crippen LogP contribution in [0.5, 0.6) is 0 Å². The van der Waals surface area contributed by atoms with E-state index in [1.54, 1.807) is 4.90 Å². The summed E-state index contributed by atoms with van der Waals surface area (Å²) in [6.45, 7) is 1.51. The standard InChI is InChI=1S/C13H16F2N2O/c14-10-5-4-6-11(13(10)15)16-9-12(18)17-7-2-1-3-8-17/h4-6,16H,1-3,7-9H2. The van der Waals surface area contributed by atoms with Crippen molar-refractivity contribution in [3.05, 3.63) is 29.8 Å². The van der Waals surface area contributed by atoms with Gasteiger partial charge in [0.25, 0.3) is 0 Å². The van der Waals surface area contributed by atoms with Crippen LogP contribution in [-0.4, -0.2) is 30.4 Å². The molecule has 0 aliphatic carbocycles. The monoisotopic (exact) mass is 254 g/mol. The smallest absolute Gasteiger partial charge is 0.241 e. The van der Waals surface area contributed by atoms with Crippen LogP contribution in [-0.2, 0) is 4.79 Å². The van der Waals surface area contributed by atoms with Gasteiger partial charge in [0, 0.05) is 13.1 Å². The van der Waals surface area contributed by atoms with Crippen molar-refractivity contribution < 1.29 is 13.6 Å². The van der Waals surface area contributed by atoms with Gasteiger partial charge in [0.1, 0.15) is 0 Å². The summed E-state index contributed by atoms with van der Waals surface area (Å²) >= 11 is 0. The zero-order valence-corrected chi connectivity index (χ0v) is 10.1. The van der Waals surface area contributed by atoms with Gasteiger partial charge in [-0.2, -0.15) is 0 Å². The first-order valence-corrected chi connectivity index (χ1v) is 6.14. The number of piperidine rings is 1. The normalized spacial score (nSPS) is 15.6. The Balaban J connectivity index is 1.90. The van der Waals surface area contributed by atoms with Crippen molar-refractivity contribution in [2.45, 2.75) is 19.3 Å².